The van der Waals surface area contributed by atoms with Crippen molar-refractivity contribution in [3.05, 3.63) is 52.0 Å². The van der Waals surface area contributed by atoms with E-state index in [0.717, 1.165) is 0 Å². The topological polar surface area (TPSA) is 81.2 Å². The second-order valence-electron chi connectivity index (χ2n) is 4.68. The summed E-state index contributed by atoms with van der Waals surface area (Å²) in [4.78, 5) is 31.8. The maximum absolute atomic E-state index is 12.1. The average Bonchev–Trinajstić information content (AvgIpc) is 2.52. The monoisotopic (exact) mass is 353 g/mol. The number of hydrogen-bond acceptors (Lipinski definition) is 5. The fourth-order valence-corrected chi connectivity index (χ4v) is 1.95. The van der Waals surface area contributed by atoms with Gasteiger partial charge in [0, 0.05) is 6.20 Å². The molecular weight excluding hydrogens is 341 g/mol. The van der Waals surface area contributed by atoms with E-state index in [1.165, 1.54) is 19.3 Å². The minimum Gasteiger partial charge on any atom is -0.448 e. The molecule has 0 fully saturated rings. The van der Waals surface area contributed by atoms with Crippen LogP contribution < -0.4 is 5.32 Å². The van der Waals surface area contributed by atoms with Gasteiger partial charge in [-0.1, -0.05) is 29.3 Å². The molecule has 1 aromatic heterocycles. The number of nitrogens with one attached hydrogen (secondary N) is 1. The molecule has 0 saturated carbocycles. The van der Waals surface area contributed by atoms with Gasteiger partial charge in [-0.3, -0.25) is 9.78 Å². The molecule has 1 aromatic carbocycles. The number of nitrogens with zero attached hydrogens (tertiary/aromatic N) is 2. The van der Waals surface area contributed by atoms with E-state index in [2.05, 4.69) is 15.3 Å². The first-order valence-electron chi connectivity index (χ1n) is 6.63. The molecule has 0 aliphatic heterocycles. The lowest BCUT2D eigenvalue weighted by Crippen LogP contribution is -2.30. The molecule has 0 bridgehead atoms. The molecule has 6 nitrogen and oxygen atoms in total. The van der Waals surface area contributed by atoms with Gasteiger partial charge < -0.3 is 10.1 Å². The van der Waals surface area contributed by atoms with Crippen molar-refractivity contribution >= 4 is 40.8 Å². The maximum atomic E-state index is 12.1. The van der Waals surface area contributed by atoms with Gasteiger partial charge in [0.1, 0.15) is 0 Å². The Balaban J connectivity index is 2.01. The highest BCUT2D eigenvalue weighted by molar-refractivity contribution is 6.44. The van der Waals surface area contributed by atoms with Crippen LogP contribution >= 0.6 is 23.2 Å². The molecule has 2 rings (SSSR count). The molecule has 0 aliphatic carbocycles. The van der Waals surface area contributed by atoms with Gasteiger partial charge in [0.2, 0.25) is 0 Å². The number of carbonyl (C=O) groups excluding carboxylic acids is 2. The van der Waals surface area contributed by atoms with Crippen molar-refractivity contribution in [1.29, 1.82) is 0 Å². The van der Waals surface area contributed by atoms with E-state index in [9.17, 15) is 9.59 Å². The summed E-state index contributed by atoms with van der Waals surface area (Å²) in [6.45, 7) is 3.18. The predicted octanol–water partition coefficient (Wildman–Crippen LogP) is 3.28. The molecule has 0 radical (unpaired) electrons. The number of halogens is 2. The molecule has 0 aliphatic rings. The fourth-order valence-electron chi connectivity index (χ4n) is 1.61. The Labute approximate surface area is 142 Å². The molecule has 0 spiro atoms. The summed E-state index contributed by atoms with van der Waals surface area (Å²) in [6, 6.07) is 4.83. The lowest BCUT2D eigenvalue weighted by atomic mass is 10.3. The van der Waals surface area contributed by atoms with Gasteiger partial charge in [-0.05, 0) is 26.0 Å². The standard InChI is InChI=1S/C15H13Cl2N3O3/c1-8-6-19-12(7-18-8)15(22)23-9(2)14(21)20-11-5-3-4-10(16)13(11)17/h3-7,9H,1-2H3,(H,20,21)/t9-/m0/s1. The van der Waals surface area contributed by atoms with Crippen LogP contribution in [0.4, 0.5) is 5.69 Å². The van der Waals surface area contributed by atoms with Crippen LogP contribution in [0.15, 0.2) is 30.6 Å². The zero-order chi connectivity index (χ0) is 17.0. The molecule has 2 aromatic rings. The lowest BCUT2D eigenvalue weighted by molar-refractivity contribution is -0.123. The number of aromatic nitrogens is 2. The van der Waals surface area contributed by atoms with Crippen molar-refractivity contribution in [3.8, 4) is 0 Å². The van der Waals surface area contributed by atoms with Crippen LogP contribution in [-0.2, 0) is 9.53 Å². The van der Waals surface area contributed by atoms with E-state index in [1.807, 2.05) is 0 Å². The molecule has 120 valence electrons. The Morgan fingerprint density at radius 1 is 1.22 bits per heavy atom. The molecule has 0 unspecified atom stereocenters. The smallest absolute Gasteiger partial charge is 0.359 e. The zero-order valence-corrected chi connectivity index (χ0v) is 13.9. The van der Waals surface area contributed by atoms with Crippen molar-refractivity contribution in [3.63, 3.8) is 0 Å². The lowest BCUT2D eigenvalue weighted by Gasteiger charge is -2.14. The molecule has 1 heterocycles. The van der Waals surface area contributed by atoms with Crippen molar-refractivity contribution in [2.45, 2.75) is 20.0 Å². The molecule has 0 saturated heterocycles. The Hall–Kier alpha value is -2.18. The molecule has 1 atom stereocenters. The summed E-state index contributed by atoms with van der Waals surface area (Å²) in [5.74, 6) is -1.28. The van der Waals surface area contributed by atoms with E-state index >= 15 is 0 Å². The third-order valence-corrected chi connectivity index (χ3v) is 3.67. The molecule has 1 amide bonds. The van der Waals surface area contributed by atoms with Gasteiger partial charge in [0.15, 0.2) is 11.8 Å². The Morgan fingerprint density at radius 3 is 2.61 bits per heavy atom. The summed E-state index contributed by atoms with van der Waals surface area (Å²) >= 11 is 11.9. The highest BCUT2D eigenvalue weighted by Crippen LogP contribution is 2.29. The maximum Gasteiger partial charge on any atom is 0.359 e. The average molecular weight is 354 g/mol. The quantitative estimate of drug-likeness (QED) is 0.853. The van der Waals surface area contributed by atoms with Crippen LogP contribution in [0.2, 0.25) is 10.0 Å². The Morgan fingerprint density at radius 2 is 1.96 bits per heavy atom. The number of esters is 1. The van der Waals surface area contributed by atoms with E-state index in [0.29, 0.717) is 16.4 Å². The summed E-state index contributed by atoms with van der Waals surface area (Å²) in [5.41, 5.74) is 1.03. The van der Waals surface area contributed by atoms with E-state index in [-0.39, 0.29) is 10.7 Å². The molecular formula is C15H13Cl2N3O3. The summed E-state index contributed by atoms with van der Waals surface area (Å²) in [6.07, 6.45) is 1.68. The van der Waals surface area contributed by atoms with Gasteiger partial charge in [-0.15, -0.1) is 0 Å². The number of anilines is 1. The van der Waals surface area contributed by atoms with Crippen LogP contribution in [0.1, 0.15) is 23.1 Å². The van der Waals surface area contributed by atoms with Crippen LogP contribution in [0, 0.1) is 6.92 Å². The van der Waals surface area contributed by atoms with Gasteiger partial charge in [-0.25, -0.2) is 9.78 Å². The van der Waals surface area contributed by atoms with Gasteiger partial charge >= 0.3 is 5.97 Å². The summed E-state index contributed by atoms with van der Waals surface area (Å²) < 4.78 is 5.05. The zero-order valence-electron chi connectivity index (χ0n) is 12.3. The third kappa shape index (κ3) is 4.40. The van der Waals surface area contributed by atoms with Crippen LogP contribution in [0.25, 0.3) is 0 Å². The Kier molecular flexibility index (Phi) is 5.52. The SMILES string of the molecule is Cc1cnc(C(=O)O[C@@H](C)C(=O)Nc2cccc(Cl)c2Cl)cn1. The van der Waals surface area contributed by atoms with Crippen LogP contribution in [-0.4, -0.2) is 27.9 Å². The van der Waals surface area contributed by atoms with Crippen molar-refractivity contribution in [1.82, 2.24) is 9.97 Å². The highest BCUT2D eigenvalue weighted by Gasteiger charge is 2.21. The van der Waals surface area contributed by atoms with E-state index in [1.54, 1.807) is 25.1 Å². The van der Waals surface area contributed by atoms with Gasteiger partial charge in [-0.2, -0.15) is 0 Å². The number of rotatable bonds is 4. The number of hydrogen-bond donors (Lipinski definition) is 1. The first-order chi connectivity index (χ1) is 10.9. The van der Waals surface area contributed by atoms with Crippen LogP contribution in [0.5, 0.6) is 0 Å². The minimum absolute atomic E-state index is 0.0241. The van der Waals surface area contributed by atoms with Crippen LogP contribution in [0.3, 0.4) is 0 Å². The first kappa shape index (κ1) is 17.2. The fraction of sp³-hybridized carbons (Fsp3) is 0.200. The van der Waals surface area contributed by atoms with Crippen molar-refractivity contribution in [2.24, 2.45) is 0 Å². The number of carbonyl (C=O) groups is 2. The van der Waals surface area contributed by atoms with E-state index < -0.39 is 18.0 Å². The first-order valence-corrected chi connectivity index (χ1v) is 7.38. The largest absolute Gasteiger partial charge is 0.448 e. The van der Waals surface area contributed by atoms with Gasteiger partial charge in [0.25, 0.3) is 5.91 Å². The molecule has 8 heteroatoms. The highest BCUT2D eigenvalue weighted by atomic mass is 35.5. The van der Waals surface area contributed by atoms with Crippen molar-refractivity contribution < 1.29 is 14.3 Å². The number of aryl methyl sites for hydroxylation is 1. The second kappa shape index (κ2) is 7.39. The number of benzene rings is 1. The summed E-state index contributed by atoms with van der Waals surface area (Å²) in [5, 5.41) is 3.07. The minimum atomic E-state index is -1.04. The molecule has 23 heavy (non-hydrogen) atoms. The summed E-state index contributed by atoms with van der Waals surface area (Å²) in [7, 11) is 0. The second-order valence-corrected chi connectivity index (χ2v) is 5.47. The predicted molar refractivity (Wildman–Crippen MR) is 86.7 cm³/mol. The normalized spacial score (nSPS) is 11.7. The third-order valence-electron chi connectivity index (χ3n) is 2.85. The number of amides is 1. The Bertz CT molecular complexity index is 735. The number of ether oxygens (including phenoxy) is 1. The van der Waals surface area contributed by atoms with Crippen molar-refractivity contribution in [2.75, 3.05) is 5.32 Å². The van der Waals surface area contributed by atoms with Gasteiger partial charge in [0.05, 0.1) is 27.6 Å². The van der Waals surface area contributed by atoms with E-state index in [4.69, 9.17) is 27.9 Å². The molecule has 1 N–H and O–H groups in total.